The summed E-state index contributed by atoms with van der Waals surface area (Å²) < 4.78 is 6.42. The lowest BCUT2D eigenvalue weighted by Crippen LogP contribution is -2.31. The highest BCUT2D eigenvalue weighted by atomic mass is 79.9. The van der Waals surface area contributed by atoms with E-state index in [-0.39, 0.29) is 10.6 Å². The average Bonchev–Trinajstić information content (AvgIpc) is 2.83. The number of imide groups is 1. The summed E-state index contributed by atoms with van der Waals surface area (Å²) in [6, 6.07) is 14.0. The SMILES string of the molecule is CC(C)COc1ccc(C2=C(Cl)C(=O)N(c3cccc(Br)c3)C2=O)cc1. The highest BCUT2D eigenvalue weighted by Crippen LogP contribution is 2.36. The first-order valence-corrected chi connectivity index (χ1v) is 9.33. The molecule has 0 saturated heterocycles. The maximum atomic E-state index is 12.9. The third-order valence-electron chi connectivity index (χ3n) is 3.82. The smallest absolute Gasteiger partial charge is 0.277 e. The number of ether oxygens (including phenoxy) is 1. The van der Waals surface area contributed by atoms with Crippen LogP contribution in [0.3, 0.4) is 0 Å². The number of carbonyl (C=O) groups excluding carboxylic acids is 2. The van der Waals surface area contributed by atoms with Gasteiger partial charge in [-0.1, -0.05) is 59.6 Å². The average molecular weight is 435 g/mol. The largest absolute Gasteiger partial charge is 0.493 e. The van der Waals surface area contributed by atoms with Gasteiger partial charge in [0.05, 0.1) is 17.9 Å². The van der Waals surface area contributed by atoms with Crippen LogP contribution in [0.2, 0.25) is 0 Å². The lowest BCUT2D eigenvalue weighted by molar-refractivity contribution is -0.119. The number of halogens is 2. The normalized spacial score (nSPS) is 14.6. The standard InChI is InChI=1S/C20H17BrClNO3/c1-12(2)11-26-16-8-6-13(7-9-16)17-18(22)20(25)23(19(17)24)15-5-3-4-14(21)10-15/h3-10,12H,11H2,1-2H3. The van der Waals surface area contributed by atoms with Gasteiger partial charge in [0.2, 0.25) is 0 Å². The van der Waals surface area contributed by atoms with E-state index < -0.39 is 11.8 Å². The van der Waals surface area contributed by atoms with Gasteiger partial charge in [-0.15, -0.1) is 0 Å². The molecule has 2 aromatic carbocycles. The van der Waals surface area contributed by atoms with Crippen molar-refractivity contribution in [2.75, 3.05) is 11.5 Å². The summed E-state index contributed by atoms with van der Waals surface area (Å²) in [5.41, 5.74) is 1.26. The molecule has 1 aliphatic rings. The fourth-order valence-corrected chi connectivity index (χ4v) is 3.25. The van der Waals surface area contributed by atoms with Crippen molar-refractivity contribution in [3.8, 4) is 5.75 Å². The van der Waals surface area contributed by atoms with Gasteiger partial charge in [0.15, 0.2) is 0 Å². The van der Waals surface area contributed by atoms with Crippen LogP contribution in [-0.2, 0) is 9.59 Å². The number of benzene rings is 2. The van der Waals surface area contributed by atoms with Gasteiger partial charge in [-0.3, -0.25) is 9.59 Å². The minimum atomic E-state index is -0.523. The summed E-state index contributed by atoms with van der Waals surface area (Å²) in [5, 5.41) is -0.0779. The minimum Gasteiger partial charge on any atom is -0.493 e. The van der Waals surface area contributed by atoms with E-state index in [0.29, 0.717) is 29.5 Å². The molecule has 4 nitrogen and oxygen atoms in total. The number of carbonyl (C=O) groups is 2. The first-order valence-electron chi connectivity index (χ1n) is 8.16. The Morgan fingerprint density at radius 1 is 1.08 bits per heavy atom. The van der Waals surface area contributed by atoms with Crippen molar-refractivity contribution in [2.24, 2.45) is 5.92 Å². The van der Waals surface area contributed by atoms with Crippen molar-refractivity contribution in [1.82, 2.24) is 0 Å². The van der Waals surface area contributed by atoms with Gasteiger partial charge in [0, 0.05) is 4.47 Å². The Hall–Kier alpha value is -2.11. The van der Waals surface area contributed by atoms with Gasteiger partial charge in [-0.2, -0.15) is 0 Å². The summed E-state index contributed by atoms with van der Waals surface area (Å²) in [5.74, 6) is 0.165. The summed E-state index contributed by atoms with van der Waals surface area (Å²) in [4.78, 5) is 26.5. The molecule has 0 saturated carbocycles. The van der Waals surface area contributed by atoms with E-state index >= 15 is 0 Å². The predicted octanol–water partition coefficient (Wildman–Crippen LogP) is 5.01. The van der Waals surface area contributed by atoms with Gasteiger partial charge < -0.3 is 4.74 Å². The van der Waals surface area contributed by atoms with Crippen LogP contribution in [0.5, 0.6) is 5.75 Å². The van der Waals surface area contributed by atoms with Crippen LogP contribution < -0.4 is 9.64 Å². The van der Waals surface area contributed by atoms with Crippen molar-refractivity contribution < 1.29 is 14.3 Å². The molecule has 3 rings (SSSR count). The van der Waals surface area contributed by atoms with Crippen LogP contribution in [0, 0.1) is 5.92 Å². The Morgan fingerprint density at radius 3 is 2.38 bits per heavy atom. The number of hydrogen-bond acceptors (Lipinski definition) is 3. The van der Waals surface area contributed by atoms with Crippen LogP contribution in [-0.4, -0.2) is 18.4 Å². The lowest BCUT2D eigenvalue weighted by Gasteiger charge is -2.15. The molecule has 26 heavy (non-hydrogen) atoms. The first kappa shape index (κ1) is 18.7. The summed E-state index contributed by atoms with van der Waals surface area (Å²) in [6.07, 6.45) is 0. The summed E-state index contributed by atoms with van der Waals surface area (Å²) >= 11 is 9.56. The highest BCUT2D eigenvalue weighted by Gasteiger charge is 2.39. The fraction of sp³-hybridized carbons (Fsp3) is 0.200. The molecule has 0 radical (unpaired) electrons. The molecule has 0 aliphatic carbocycles. The number of hydrogen-bond donors (Lipinski definition) is 0. The number of amides is 2. The molecule has 2 aromatic rings. The Labute approximate surface area is 165 Å². The highest BCUT2D eigenvalue weighted by molar-refractivity contribution is 9.10. The maximum Gasteiger partial charge on any atom is 0.277 e. The molecule has 0 fully saturated rings. The van der Waals surface area contributed by atoms with Crippen molar-refractivity contribution in [2.45, 2.75) is 13.8 Å². The van der Waals surface area contributed by atoms with Crippen LogP contribution in [0.1, 0.15) is 19.4 Å². The zero-order valence-electron chi connectivity index (χ0n) is 14.3. The van der Waals surface area contributed by atoms with Gasteiger partial charge in [-0.25, -0.2) is 4.90 Å². The van der Waals surface area contributed by atoms with Crippen molar-refractivity contribution in [3.05, 3.63) is 63.6 Å². The molecule has 1 aliphatic heterocycles. The van der Waals surface area contributed by atoms with Crippen LogP contribution in [0.4, 0.5) is 5.69 Å². The number of rotatable bonds is 5. The van der Waals surface area contributed by atoms with Crippen molar-refractivity contribution >= 4 is 50.6 Å². The summed E-state index contributed by atoms with van der Waals surface area (Å²) in [6.45, 7) is 4.74. The number of nitrogens with zero attached hydrogens (tertiary/aromatic N) is 1. The monoisotopic (exact) mass is 433 g/mol. The van der Waals surface area contributed by atoms with Crippen molar-refractivity contribution in [3.63, 3.8) is 0 Å². The Kier molecular flexibility index (Phi) is 5.49. The second-order valence-electron chi connectivity index (χ2n) is 6.34. The molecule has 0 spiro atoms. The zero-order valence-corrected chi connectivity index (χ0v) is 16.7. The van der Waals surface area contributed by atoms with Crippen LogP contribution in [0.25, 0.3) is 5.57 Å². The van der Waals surface area contributed by atoms with E-state index in [0.717, 1.165) is 9.37 Å². The molecule has 134 valence electrons. The molecule has 6 heteroatoms. The molecular weight excluding hydrogens is 418 g/mol. The second-order valence-corrected chi connectivity index (χ2v) is 7.64. The van der Waals surface area contributed by atoms with E-state index in [1.165, 1.54) is 0 Å². The zero-order chi connectivity index (χ0) is 18.8. The maximum absolute atomic E-state index is 12.9. The predicted molar refractivity (Wildman–Crippen MR) is 106 cm³/mol. The van der Waals surface area contributed by atoms with Gasteiger partial charge >= 0.3 is 0 Å². The Balaban J connectivity index is 1.88. The van der Waals surface area contributed by atoms with Crippen LogP contribution >= 0.6 is 27.5 Å². The Morgan fingerprint density at radius 2 is 1.77 bits per heavy atom. The molecule has 0 aromatic heterocycles. The molecule has 2 amide bonds. The molecule has 0 bridgehead atoms. The first-order chi connectivity index (χ1) is 12.4. The number of anilines is 1. The fourth-order valence-electron chi connectivity index (χ4n) is 2.58. The summed E-state index contributed by atoms with van der Waals surface area (Å²) in [7, 11) is 0. The van der Waals surface area contributed by atoms with Gasteiger partial charge in [0.1, 0.15) is 10.8 Å². The lowest BCUT2D eigenvalue weighted by atomic mass is 10.1. The van der Waals surface area contributed by atoms with Gasteiger partial charge in [0.25, 0.3) is 11.8 Å². The second kappa shape index (κ2) is 7.64. The van der Waals surface area contributed by atoms with Crippen molar-refractivity contribution in [1.29, 1.82) is 0 Å². The Bertz CT molecular complexity index is 890. The molecule has 0 N–H and O–H groups in total. The van der Waals surface area contributed by atoms with E-state index in [1.807, 2.05) is 6.07 Å². The van der Waals surface area contributed by atoms with Gasteiger partial charge in [-0.05, 0) is 41.8 Å². The molecule has 1 heterocycles. The van der Waals surface area contributed by atoms with Crippen LogP contribution in [0.15, 0.2) is 58.0 Å². The molecular formula is C20H17BrClNO3. The van der Waals surface area contributed by atoms with E-state index in [9.17, 15) is 9.59 Å². The third kappa shape index (κ3) is 3.69. The van der Waals surface area contributed by atoms with E-state index in [4.69, 9.17) is 16.3 Å². The quantitative estimate of drug-likeness (QED) is 0.622. The molecule has 0 atom stereocenters. The molecule has 0 unspecified atom stereocenters. The topological polar surface area (TPSA) is 46.6 Å². The van der Waals surface area contributed by atoms with E-state index in [1.54, 1.807) is 42.5 Å². The third-order valence-corrected chi connectivity index (χ3v) is 4.66. The van der Waals surface area contributed by atoms with E-state index in [2.05, 4.69) is 29.8 Å². The minimum absolute atomic E-state index is 0.0779.